The van der Waals surface area contributed by atoms with Gasteiger partial charge in [0.05, 0.1) is 6.21 Å². The van der Waals surface area contributed by atoms with Crippen molar-refractivity contribution in [1.82, 2.24) is 14.9 Å². The molecule has 0 aliphatic heterocycles. The maximum atomic E-state index is 5.22. The summed E-state index contributed by atoms with van der Waals surface area (Å²) in [5.41, 5.74) is 2.22. The van der Waals surface area contributed by atoms with Gasteiger partial charge in [-0.3, -0.25) is 5.10 Å². The van der Waals surface area contributed by atoms with Crippen molar-refractivity contribution in [2.75, 3.05) is 0 Å². The predicted molar refractivity (Wildman–Crippen MR) is 90.0 cm³/mol. The Labute approximate surface area is 130 Å². The van der Waals surface area contributed by atoms with Gasteiger partial charge in [-0.15, -0.1) is 0 Å². The van der Waals surface area contributed by atoms with Crippen LogP contribution in [0.15, 0.2) is 41.0 Å². The van der Waals surface area contributed by atoms with Gasteiger partial charge in [0.15, 0.2) is 5.82 Å². The third kappa shape index (κ3) is 4.49. The van der Waals surface area contributed by atoms with Crippen LogP contribution in [-0.4, -0.2) is 21.1 Å². The van der Waals surface area contributed by atoms with E-state index in [0.29, 0.717) is 4.77 Å². The van der Waals surface area contributed by atoms with Crippen LogP contribution < -0.4 is 0 Å². The Hall–Kier alpha value is -2.01. The number of H-pyrrole nitrogens is 1. The molecule has 0 saturated heterocycles. The van der Waals surface area contributed by atoms with Crippen molar-refractivity contribution >= 4 is 24.5 Å². The van der Waals surface area contributed by atoms with Crippen LogP contribution in [0.3, 0.4) is 0 Å². The molecule has 1 aromatic carbocycles. The number of hydrogen-bond acceptors (Lipinski definition) is 3. The molecule has 2 rings (SSSR count). The van der Waals surface area contributed by atoms with E-state index >= 15 is 0 Å². The second-order valence-electron chi connectivity index (χ2n) is 4.90. The molecular weight excluding hydrogens is 280 g/mol. The highest BCUT2D eigenvalue weighted by Gasteiger charge is 2.03. The van der Waals surface area contributed by atoms with Crippen LogP contribution in [0.2, 0.25) is 0 Å². The molecule has 1 N–H and O–H groups in total. The zero-order chi connectivity index (χ0) is 15.1. The van der Waals surface area contributed by atoms with E-state index in [1.54, 1.807) is 4.68 Å². The largest absolute Gasteiger partial charge is 0.250 e. The molecule has 4 nitrogen and oxygen atoms in total. The summed E-state index contributed by atoms with van der Waals surface area (Å²) < 4.78 is 2.23. The Bertz CT molecular complexity index is 680. The highest BCUT2D eigenvalue weighted by molar-refractivity contribution is 7.71. The Morgan fingerprint density at radius 2 is 2.14 bits per heavy atom. The molecule has 1 heterocycles. The molecule has 0 spiro atoms. The summed E-state index contributed by atoms with van der Waals surface area (Å²) in [7, 11) is 0. The Balaban J connectivity index is 2.15. The quantitative estimate of drug-likeness (QED) is 0.641. The molecule has 0 atom stereocenters. The molecule has 0 radical (unpaired) electrons. The van der Waals surface area contributed by atoms with Crippen LogP contribution in [0.25, 0.3) is 6.08 Å². The van der Waals surface area contributed by atoms with Crippen molar-refractivity contribution in [1.29, 1.82) is 0 Å². The van der Waals surface area contributed by atoms with Gasteiger partial charge in [-0.2, -0.15) is 14.9 Å². The number of aryl methyl sites for hydroxylation is 1. The van der Waals surface area contributed by atoms with E-state index in [0.717, 1.165) is 36.2 Å². The molecule has 21 heavy (non-hydrogen) atoms. The number of benzene rings is 1. The summed E-state index contributed by atoms with van der Waals surface area (Å²) in [6.45, 7) is 4.17. The molecule has 1 aromatic heterocycles. The van der Waals surface area contributed by atoms with Crippen LogP contribution in [0.4, 0.5) is 0 Å². The number of hydrogen-bond donors (Lipinski definition) is 1. The van der Waals surface area contributed by atoms with Gasteiger partial charge in [0.1, 0.15) is 0 Å². The van der Waals surface area contributed by atoms with Gasteiger partial charge in [0.2, 0.25) is 4.77 Å². The minimum absolute atomic E-state index is 0.532. The standard InChI is InChI=1S/C16H20N4S/c1-3-4-10-15-18-19-16(21)20(15)17-12-13(2)11-14-8-6-5-7-9-14/h5-9,11-12H,3-4,10H2,1-2H3,(H,19,21)/b13-11-,17-12-. The van der Waals surface area contributed by atoms with Crippen molar-refractivity contribution in [3.8, 4) is 0 Å². The van der Waals surface area contributed by atoms with Crippen LogP contribution in [0, 0.1) is 4.77 Å². The van der Waals surface area contributed by atoms with Crippen LogP contribution in [-0.2, 0) is 6.42 Å². The predicted octanol–water partition coefficient (Wildman–Crippen LogP) is 4.22. The molecule has 0 aliphatic rings. The molecule has 0 amide bonds. The third-order valence-electron chi connectivity index (χ3n) is 3.04. The van der Waals surface area contributed by atoms with Crippen LogP contribution in [0.1, 0.15) is 38.1 Å². The van der Waals surface area contributed by atoms with E-state index in [2.05, 4.69) is 40.4 Å². The lowest BCUT2D eigenvalue weighted by Gasteiger charge is -1.99. The fraction of sp³-hybridized carbons (Fsp3) is 0.312. The lowest BCUT2D eigenvalue weighted by atomic mass is 10.1. The van der Waals surface area contributed by atoms with Gasteiger partial charge in [0.25, 0.3) is 0 Å². The molecular formula is C16H20N4S. The SMILES string of the molecule is CCCCc1n[nH]c(=S)n1/N=C\C(C)=C/c1ccccc1. The lowest BCUT2D eigenvalue weighted by Crippen LogP contribution is -1.99. The summed E-state index contributed by atoms with van der Waals surface area (Å²) in [6, 6.07) is 10.2. The second kappa shape index (κ2) is 7.69. The molecule has 0 saturated carbocycles. The summed E-state index contributed by atoms with van der Waals surface area (Å²) in [4.78, 5) is 0. The first kappa shape index (κ1) is 15.4. The minimum Gasteiger partial charge on any atom is -0.250 e. The van der Waals surface area contributed by atoms with E-state index in [4.69, 9.17) is 12.2 Å². The average Bonchev–Trinajstić information content (AvgIpc) is 2.84. The maximum absolute atomic E-state index is 5.22. The first-order valence-electron chi connectivity index (χ1n) is 7.14. The summed E-state index contributed by atoms with van der Waals surface area (Å²) in [5.74, 6) is 0.880. The summed E-state index contributed by atoms with van der Waals surface area (Å²) in [6.07, 6.45) is 6.97. The Morgan fingerprint density at radius 3 is 2.86 bits per heavy atom. The molecule has 2 aromatic rings. The minimum atomic E-state index is 0.532. The molecule has 110 valence electrons. The van der Waals surface area contributed by atoms with E-state index in [1.807, 2.05) is 31.3 Å². The van der Waals surface area contributed by atoms with Gasteiger partial charge in [-0.25, -0.2) is 0 Å². The zero-order valence-electron chi connectivity index (χ0n) is 12.4. The number of rotatable bonds is 6. The fourth-order valence-corrected chi connectivity index (χ4v) is 2.14. The topological polar surface area (TPSA) is 46.0 Å². The molecule has 0 unspecified atom stereocenters. The first-order valence-corrected chi connectivity index (χ1v) is 7.55. The van der Waals surface area contributed by atoms with Crippen molar-refractivity contribution in [3.63, 3.8) is 0 Å². The van der Waals surface area contributed by atoms with Crippen molar-refractivity contribution < 1.29 is 0 Å². The van der Waals surface area contributed by atoms with Crippen molar-refractivity contribution in [2.24, 2.45) is 5.10 Å². The Kier molecular flexibility index (Phi) is 5.63. The number of unbranched alkanes of at least 4 members (excludes halogenated alkanes) is 1. The summed E-state index contributed by atoms with van der Waals surface area (Å²) in [5, 5.41) is 11.5. The van der Waals surface area contributed by atoms with Crippen molar-refractivity contribution in [2.45, 2.75) is 33.1 Å². The fourth-order valence-electron chi connectivity index (χ4n) is 1.94. The van der Waals surface area contributed by atoms with Crippen LogP contribution in [0.5, 0.6) is 0 Å². The lowest BCUT2D eigenvalue weighted by molar-refractivity contribution is 0.700. The number of aromatic amines is 1. The number of aromatic nitrogens is 3. The normalized spacial score (nSPS) is 12.2. The molecule has 0 aliphatic carbocycles. The van der Waals surface area contributed by atoms with E-state index in [-0.39, 0.29) is 0 Å². The number of allylic oxidation sites excluding steroid dienone is 1. The van der Waals surface area contributed by atoms with Gasteiger partial charge < -0.3 is 0 Å². The highest BCUT2D eigenvalue weighted by Crippen LogP contribution is 2.06. The number of nitrogens with zero attached hydrogens (tertiary/aromatic N) is 3. The highest BCUT2D eigenvalue weighted by atomic mass is 32.1. The van der Waals surface area contributed by atoms with E-state index < -0.39 is 0 Å². The second-order valence-corrected chi connectivity index (χ2v) is 5.29. The van der Waals surface area contributed by atoms with Gasteiger partial charge in [-0.1, -0.05) is 49.8 Å². The first-order chi connectivity index (χ1) is 10.2. The molecule has 5 heteroatoms. The van der Waals surface area contributed by atoms with Gasteiger partial charge in [-0.05, 0) is 36.7 Å². The van der Waals surface area contributed by atoms with Crippen molar-refractivity contribution in [3.05, 3.63) is 52.1 Å². The molecule has 0 bridgehead atoms. The monoisotopic (exact) mass is 300 g/mol. The number of nitrogens with one attached hydrogen (secondary N) is 1. The van der Waals surface area contributed by atoms with Gasteiger partial charge >= 0.3 is 0 Å². The smallest absolute Gasteiger partial charge is 0.216 e. The maximum Gasteiger partial charge on any atom is 0.216 e. The van der Waals surface area contributed by atoms with E-state index in [9.17, 15) is 0 Å². The van der Waals surface area contributed by atoms with E-state index in [1.165, 1.54) is 0 Å². The zero-order valence-corrected chi connectivity index (χ0v) is 13.2. The Morgan fingerprint density at radius 1 is 1.38 bits per heavy atom. The third-order valence-corrected chi connectivity index (χ3v) is 3.31. The van der Waals surface area contributed by atoms with Gasteiger partial charge in [0, 0.05) is 6.42 Å². The average molecular weight is 300 g/mol. The van der Waals surface area contributed by atoms with Crippen LogP contribution >= 0.6 is 12.2 Å². The summed E-state index contributed by atoms with van der Waals surface area (Å²) >= 11 is 5.22. The molecule has 0 fully saturated rings.